The molecule has 0 aliphatic carbocycles. The molecule has 3 aromatic carbocycles. The van der Waals surface area contributed by atoms with Crippen molar-refractivity contribution in [2.75, 3.05) is 7.11 Å². The van der Waals surface area contributed by atoms with Crippen LogP contribution in [0.1, 0.15) is 12.5 Å². The second-order valence-electron chi connectivity index (χ2n) is 7.93. The Kier molecular flexibility index (Phi) is 6.04. The van der Waals surface area contributed by atoms with E-state index in [1.54, 1.807) is 14.0 Å². The number of primary sulfonamides is 1. The van der Waals surface area contributed by atoms with Gasteiger partial charge in [0.25, 0.3) is 5.56 Å². The summed E-state index contributed by atoms with van der Waals surface area (Å²) < 4.78 is 30.8. The van der Waals surface area contributed by atoms with Gasteiger partial charge in [-0.05, 0) is 67.6 Å². The van der Waals surface area contributed by atoms with Gasteiger partial charge in [-0.25, -0.2) is 18.5 Å². The molecular weight excluding hydrogens is 498 g/mol. The number of nitrogens with zero attached hydrogens (tertiary/aromatic N) is 3. The first-order valence-electron chi connectivity index (χ1n) is 10.8. The van der Waals surface area contributed by atoms with Gasteiger partial charge in [0.15, 0.2) is 0 Å². The summed E-state index contributed by atoms with van der Waals surface area (Å²) in [5, 5.41) is 8.90. The number of ether oxygens (including phenoxy) is 1. The van der Waals surface area contributed by atoms with Crippen LogP contribution in [0.3, 0.4) is 0 Å². The van der Waals surface area contributed by atoms with Crippen LogP contribution in [0.4, 0.5) is 5.69 Å². The second-order valence-corrected chi connectivity index (χ2v) is 10.5. The van der Waals surface area contributed by atoms with Crippen LogP contribution in [0.2, 0.25) is 0 Å². The Balaban J connectivity index is 1.66. The van der Waals surface area contributed by atoms with Gasteiger partial charge >= 0.3 is 0 Å². The Morgan fingerprint density at radius 2 is 1.75 bits per heavy atom. The molecule has 3 N–H and O–H groups in total. The van der Waals surface area contributed by atoms with Gasteiger partial charge in [0.05, 0.1) is 44.9 Å². The number of rotatable bonds is 6. The lowest BCUT2D eigenvalue weighted by Crippen LogP contribution is -2.19. The fourth-order valence-electron chi connectivity index (χ4n) is 3.79. The van der Waals surface area contributed by atoms with Crippen molar-refractivity contribution in [3.8, 4) is 22.1 Å². The molecule has 0 saturated heterocycles. The lowest BCUT2D eigenvalue weighted by Gasteiger charge is -2.05. The van der Waals surface area contributed by atoms with Crippen LogP contribution in [0, 0.1) is 0 Å². The molecule has 2 heterocycles. The minimum atomic E-state index is -3.82. The molecule has 0 fully saturated rings. The van der Waals surface area contributed by atoms with Crippen LogP contribution in [-0.4, -0.2) is 36.0 Å². The van der Waals surface area contributed by atoms with Gasteiger partial charge in [-0.2, -0.15) is 4.68 Å². The first-order valence-corrected chi connectivity index (χ1v) is 13.1. The van der Waals surface area contributed by atoms with Gasteiger partial charge in [-0.3, -0.25) is 14.9 Å². The van der Waals surface area contributed by atoms with E-state index in [0.717, 1.165) is 15.8 Å². The molecule has 0 radical (unpaired) electrons. The summed E-state index contributed by atoms with van der Waals surface area (Å²) >= 11 is 1.40. The summed E-state index contributed by atoms with van der Waals surface area (Å²) in [4.78, 5) is 22.9. The van der Waals surface area contributed by atoms with E-state index >= 15 is 0 Å². The molecular formula is C25H21N5O4S2. The third-order valence-electron chi connectivity index (χ3n) is 5.57. The van der Waals surface area contributed by atoms with Crippen molar-refractivity contribution in [1.29, 1.82) is 0 Å². The van der Waals surface area contributed by atoms with Gasteiger partial charge in [-0.1, -0.05) is 23.5 Å². The average Bonchev–Trinajstić information content (AvgIpc) is 3.44. The number of hydrogen-bond donors (Lipinski definition) is 2. The molecule has 0 spiro atoms. The summed E-state index contributed by atoms with van der Waals surface area (Å²) in [5.74, 6) is 0.689. The highest BCUT2D eigenvalue weighted by atomic mass is 32.2. The number of thiazole rings is 1. The van der Waals surface area contributed by atoms with Crippen LogP contribution >= 0.6 is 11.3 Å². The number of nitrogens with one attached hydrogen (secondary N) is 1. The standard InChI is InChI=1S/C25H21N5O4S2/c1-15(27-17-9-13-19(14-10-17)36(26,32)33)22-23(16-7-11-18(34-2)12-8-16)29-30(24(22)31)25-28-20-5-3-4-6-21(20)35-25/h3-14,29H,1-2H3,(H2,26,32,33). The Bertz CT molecular complexity index is 1730. The van der Waals surface area contributed by atoms with E-state index in [2.05, 4.69) is 15.1 Å². The Morgan fingerprint density at radius 1 is 1.06 bits per heavy atom. The monoisotopic (exact) mass is 519 g/mol. The van der Waals surface area contributed by atoms with E-state index in [4.69, 9.17) is 9.88 Å². The van der Waals surface area contributed by atoms with Crippen molar-refractivity contribution in [2.24, 2.45) is 10.1 Å². The van der Waals surface area contributed by atoms with E-state index in [1.165, 1.54) is 40.3 Å². The largest absolute Gasteiger partial charge is 0.497 e. The number of aliphatic imine (C=N–C) groups is 1. The van der Waals surface area contributed by atoms with Gasteiger partial charge in [0, 0.05) is 5.56 Å². The van der Waals surface area contributed by atoms with Gasteiger partial charge < -0.3 is 4.74 Å². The van der Waals surface area contributed by atoms with Crippen LogP contribution < -0.4 is 15.4 Å². The molecule has 0 aliphatic heterocycles. The average molecular weight is 520 g/mol. The Labute approximate surface area is 210 Å². The summed E-state index contributed by atoms with van der Waals surface area (Å²) in [6, 6.07) is 20.8. The van der Waals surface area contributed by atoms with Crippen molar-refractivity contribution < 1.29 is 13.2 Å². The van der Waals surface area contributed by atoms with E-state index in [9.17, 15) is 13.2 Å². The molecule has 5 rings (SSSR count). The topological polar surface area (TPSA) is 132 Å². The van der Waals surface area contributed by atoms with E-state index in [0.29, 0.717) is 33.5 Å². The summed E-state index contributed by atoms with van der Waals surface area (Å²) in [6.45, 7) is 1.73. The van der Waals surface area contributed by atoms with Crippen molar-refractivity contribution in [1.82, 2.24) is 14.8 Å². The predicted molar refractivity (Wildman–Crippen MR) is 141 cm³/mol. The van der Waals surface area contributed by atoms with Crippen molar-refractivity contribution in [3.63, 3.8) is 0 Å². The third-order valence-corrected chi connectivity index (χ3v) is 7.52. The number of nitrogens with two attached hydrogens (primary N) is 1. The van der Waals surface area contributed by atoms with Gasteiger partial charge in [0.2, 0.25) is 15.2 Å². The van der Waals surface area contributed by atoms with Crippen molar-refractivity contribution >= 4 is 43.0 Å². The first-order chi connectivity index (χ1) is 17.2. The normalized spacial score (nSPS) is 12.2. The number of aromatic amines is 1. The molecule has 9 nitrogen and oxygen atoms in total. The van der Waals surface area contributed by atoms with Crippen LogP contribution in [0.5, 0.6) is 5.75 Å². The lowest BCUT2D eigenvalue weighted by molar-refractivity contribution is 0.415. The molecule has 0 aliphatic rings. The number of methoxy groups -OCH3 is 1. The zero-order valence-corrected chi connectivity index (χ0v) is 20.9. The number of H-pyrrole nitrogens is 1. The molecule has 5 aromatic rings. The summed E-state index contributed by atoms with van der Waals surface area (Å²) in [5.41, 5.74) is 3.13. The Hall–Kier alpha value is -4.06. The van der Waals surface area contributed by atoms with E-state index in [1.807, 2.05) is 48.5 Å². The summed E-state index contributed by atoms with van der Waals surface area (Å²) in [6.07, 6.45) is 0. The molecule has 0 amide bonds. The highest BCUT2D eigenvalue weighted by Crippen LogP contribution is 2.28. The minimum Gasteiger partial charge on any atom is -0.497 e. The number of aromatic nitrogens is 3. The summed E-state index contributed by atoms with van der Waals surface area (Å²) in [7, 11) is -2.23. The van der Waals surface area contributed by atoms with Crippen LogP contribution in [-0.2, 0) is 10.0 Å². The molecule has 182 valence electrons. The van der Waals surface area contributed by atoms with Crippen LogP contribution in [0.15, 0.2) is 87.5 Å². The number of fused-ring (bicyclic) bond motifs is 1. The molecule has 36 heavy (non-hydrogen) atoms. The Morgan fingerprint density at radius 3 is 2.39 bits per heavy atom. The number of benzene rings is 3. The SMILES string of the molecule is COc1ccc(-c2[nH]n(-c3nc4ccccc4s3)c(=O)c2C(C)=Nc2ccc(S(N)(=O)=O)cc2)cc1. The third kappa shape index (κ3) is 4.47. The molecule has 0 bridgehead atoms. The molecule has 0 unspecified atom stereocenters. The maximum absolute atomic E-state index is 13.7. The minimum absolute atomic E-state index is 0.0159. The molecule has 0 saturated carbocycles. The lowest BCUT2D eigenvalue weighted by atomic mass is 10.0. The molecule has 0 atom stereocenters. The smallest absolute Gasteiger partial charge is 0.283 e. The van der Waals surface area contributed by atoms with E-state index in [-0.39, 0.29) is 10.5 Å². The fraction of sp³-hybridized carbons (Fsp3) is 0.0800. The first kappa shape index (κ1) is 23.7. The van der Waals surface area contributed by atoms with Crippen molar-refractivity contribution in [3.05, 3.63) is 88.7 Å². The maximum atomic E-state index is 13.7. The fourth-order valence-corrected chi connectivity index (χ4v) is 5.23. The molecule has 11 heteroatoms. The highest BCUT2D eigenvalue weighted by molar-refractivity contribution is 7.89. The molecule has 2 aromatic heterocycles. The zero-order valence-electron chi connectivity index (χ0n) is 19.3. The highest BCUT2D eigenvalue weighted by Gasteiger charge is 2.21. The zero-order chi connectivity index (χ0) is 25.4. The number of para-hydroxylation sites is 1. The van der Waals surface area contributed by atoms with Gasteiger partial charge in [-0.15, -0.1) is 0 Å². The predicted octanol–water partition coefficient (Wildman–Crippen LogP) is 4.24. The van der Waals surface area contributed by atoms with Gasteiger partial charge in [0.1, 0.15) is 5.75 Å². The number of hydrogen-bond acceptors (Lipinski definition) is 7. The van der Waals surface area contributed by atoms with Crippen molar-refractivity contribution in [2.45, 2.75) is 11.8 Å². The van der Waals surface area contributed by atoms with Crippen LogP contribution in [0.25, 0.3) is 26.6 Å². The van der Waals surface area contributed by atoms with E-state index < -0.39 is 10.0 Å². The second kappa shape index (κ2) is 9.19. The quantitative estimate of drug-likeness (QED) is 0.324. The number of sulfonamides is 1. The maximum Gasteiger partial charge on any atom is 0.283 e.